The van der Waals surface area contributed by atoms with Crippen molar-refractivity contribution in [3.05, 3.63) is 23.8 Å². The van der Waals surface area contributed by atoms with Crippen molar-refractivity contribution in [1.82, 2.24) is 0 Å². The topological polar surface area (TPSA) is 93.1 Å². The second-order valence-electron chi connectivity index (χ2n) is 13.3. The van der Waals surface area contributed by atoms with Gasteiger partial charge in [-0.25, -0.2) is 0 Å². The van der Waals surface area contributed by atoms with Crippen molar-refractivity contribution in [2.24, 2.45) is 34.5 Å². The summed E-state index contributed by atoms with van der Waals surface area (Å²) < 4.78 is 12.4. The molecule has 2 unspecified atom stereocenters. The van der Waals surface area contributed by atoms with Gasteiger partial charge in [0.05, 0.1) is 12.2 Å². The molecule has 6 nitrogen and oxygen atoms in total. The molecule has 0 aliphatic heterocycles. The molecule has 0 amide bonds. The van der Waals surface area contributed by atoms with Crippen LogP contribution in [0, 0.1) is 34.5 Å². The van der Waals surface area contributed by atoms with Crippen LogP contribution in [0.15, 0.2) is 23.8 Å². The molecule has 4 fully saturated rings. The van der Waals surface area contributed by atoms with Crippen molar-refractivity contribution in [3.8, 4) is 0 Å². The maximum absolute atomic E-state index is 14.0. The summed E-state index contributed by atoms with van der Waals surface area (Å²) in [6.07, 6.45) is 12.4. The minimum absolute atomic E-state index is 0.00370. The first kappa shape index (κ1) is 27.2. The Morgan fingerprint density at radius 3 is 2.57 bits per heavy atom. The smallest absolute Gasteiger partial charge is 0.190 e. The predicted octanol–water partition coefficient (Wildman–Crippen LogP) is 4.91. The highest BCUT2D eigenvalue weighted by atomic mass is 16.6. The molecule has 0 aromatic rings. The molecule has 0 heterocycles. The SMILES string of the molecule is CC(C)OCC(=O)[C@@]1(O[C@H](O)C2CCCCC2)CCC2[C@@H]3CCC4=CC(=O)C=C[C@]4(C)C3[C@@H](O)C[C@@]21C. The Balaban J connectivity index is 1.49. The summed E-state index contributed by atoms with van der Waals surface area (Å²) in [6, 6.07) is 0. The monoisotopic (exact) mass is 514 g/mol. The Bertz CT molecular complexity index is 963. The second-order valence-corrected chi connectivity index (χ2v) is 13.3. The highest BCUT2D eigenvalue weighted by molar-refractivity contribution is 6.01. The van der Waals surface area contributed by atoms with E-state index in [-0.39, 0.29) is 53.4 Å². The summed E-state index contributed by atoms with van der Waals surface area (Å²) in [4.78, 5) is 26.2. The first-order chi connectivity index (χ1) is 17.5. The standard InChI is InChI=1S/C31H46O6/c1-19(2)36-18-26(34)31(37-28(35)20-8-6-5-7-9-20)15-13-24-23-11-10-21-16-22(32)12-14-29(21,3)27(23)25(33)17-30(24,31)4/h12,14,16,19-20,23-25,27-28,33,35H,5-11,13,15,17-18H2,1-4H3/t23-,24?,25-,27?,28-,29-,30-,31-/m0/s1. The second kappa shape index (κ2) is 10.0. The molecule has 0 spiro atoms. The number of hydrogen-bond donors (Lipinski definition) is 2. The van der Waals surface area contributed by atoms with Gasteiger partial charge in [0.2, 0.25) is 0 Å². The fourth-order valence-corrected chi connectivity index (χ4v) is 9.11. The molecule has 4 saturated carbocycles. The van der Waals surface area contributed by atoms with Gasteiger partial charge in [0, 0.05) is 22.7 Å². The Morgan fingerprint density at radius 2 is 1.86 bits per heavy atom. The number of carbonyl (C=O) groups is 2. The number of aliphatic hydroxyl groups is 2. The average Bonchev–Trinajstić information content (AvgIpc) is 3.15. The number of ketones is 2. The van der Waals surface area contributed by atoms with Gasteiger partial charge in [-0.1, -0.05) is 44.8 Å². The molecular formula is C31H46O6. The van der Waals surface area contributed by atoms with E-state index in [1.54, 1.807) is 12.2 Å². The first-order valence-electron chi connectivity index (χ1n) is 14.6. The van der Waals surface area contributed by atoms with E-state index in [1.807, 2.05) is 19.9 Å². The van der Waals surface area contributed by atoms with Crippen molar-refractivity contribution in [1.29, 1.82) is 0 Å². The fourth-order valence-electron chi connectivity index (χ4n) is 9.11. The van der Waals surface area contributed by atoms with Crippen LogP contribution in [0.25, 0.3) is 0 Å². The lowest BCUT2D eigenvalue weighted by Crippen LogP contribution is -2.63. The minimum atomic E-state index is -1.18. The number of hydrogen-bond acceptors (Lipinski definition) is 6. The quantitative estimate of drug-likeness (QED) is 0.469. The number of aliphatic hydroxyl groups excluding tert-OH is 2. The number of ether oxygens (including phenoxy) is 2. The molecule has 2 N–H and O–H groups in total. The van der Waals surface area contributed by atoms with Gasteiger partial charge >= 0.3 is 0 Å². The van der Waals surface area contributed by atoms with E-state index in [9.17, 15) is 19.8 Å². The van der Waals surface area contributed by atoms with Crippen molar-refractivity contribution < 1.29 is 29.3 Å². The van der Waals surface area contributed by atoms with Crippen molar-refractivity contribution in [2.45, 2.75) is 116 Å². The van der Waals surface area contributed by atoms with Gasteiger partial charge in [-0.3, -0.25) is 9.59 Å². The van der Waals surface area contributed by atoms with Crippen molar-refractivity contribution >= 4 is 11.6 Å². The van der Waals surface area contributed by atoms with Crippen LogP contribution in [0.4, 0.5) is 0 Å². The van der Waals surface area contributed by atoms with E-state index in [1.165, 1.54) is 6.42 Å². The van der Waals surface area contributed by atoms with Crippen molar-refractivity contribution in [2.75, 3.05) is 6.61 Å². The summed E-state index contributed by atoms with van der Waals surface area (Å²) in [6.45, 7) is 8.08. The number of fused-ring (bicyclic) bond motifs is 5. The summed E-state index contributed by atoms with van der Waals surface area (Å²) in [5, 5.41) is 23.1. The zero-order valence-corrected chi connectivity index (χ0v) is 23.1. The summed E-state index contributed by atoms with van der Waals surface area (Å²) in [5.41, 5.74) is -1.01. The van der Waals surface area contributed by atoms with Crippen LogP contribution < -0.4 is 0 Å². The zero-order valence-electron chi connectivity index (χ0n) is 23.1. The maximum atomic E-state index is 14.0. The van der Waals surface area contributed by atoms with Gasteiger partial charge in [0.1, 0.15) is 12.2 Å². The van der Waals surface area contributed by atoms with Gasteiger partial charge in [0.25, 0.3) is 0 Å². The average molecular weight is 515 g/mol. The largest absolute Gasteiger partial charge is 0.393 e. The van der Waals surface area contributed by atoms with Crippen LogP contribution >= 0.6 is 0 Å². The van der Waals surface area contributed by atoms with Gasteiger partial charge < -0.3 is 19.7 Å². The Morgan fingerprint density at radius 1 is 1.14 bits per heavy atom. The van der Waals surface area contributed by atoms with Gasteiger partial charge in [0.15, 0.2) is 17.9 Å². The summed E-state index contributed by atoms with van der Waals surface area (Å²) in [7, 11) is 0. The van der Waals surface area contributed by atoms with Crippen LogP contribution in [-0.2, 0) is 19.1 Å². The molecule has 0 radical (unpaired) electrons. The molecule has 37 heavy (non-hydrogen) atoms. The molecule has 0 saturated heterocycles. The van der Waals surface area contributed by atoms with E-state index in [2.05, 4.69) is 13.8 Å². The van der Waals surface area contributed by atoms with Crippen LogP contribution in [-0.4, -0.2) is 52.5 Å². The molecule has 0 aromatic carbocycles. The molecule has 8 atom stereocenters. The predicted molar refractivity (Wildman–Crippen MR) is 140 cm³/mol. The third-order valence-electron chi connectivity index (χ3n) is 11.0. The third kappa shape index (κ3) is 4.40. The summed E-state index contributed by atoms with van der Waals surface area (Å²) >= 11 is 0. The van der Waals surface area contributed by atoms with Gasteiger partial charge in [-0.05, 0) is 82.8 Å². The zero-order chi connectivity index (χ0) is 26.6. The van der Waals surface area contributed by atoms with Gasteiger partial charge in [-0.2, -0.15) is 0 Å². The lowest BCUT2D eigenvalue weighted by atomic mass is 9.46. The fraction of sp³-hybridized carbons (Fsp3) is 0.806. The normalized spacial score (nSPS) is 42.7. The van der Waals surface area contributed by atoms with Crippen LogP contribution in [0.3, 0.4) is 0 Å². The molecule has 5 aliphatic carbocycles. The minimum Gasteiger partial charge on any atom is -0.393 e. The first-order valence-corrected chi connectivity index (χ1v) is 14.6. The molecule has 0 bridgehead atoms. The molecule has 5 aliphatic rings. The molecule has 5 rings (SSSR count). The Hall–Kier alpha value is -1.34. The lowest BCUT2D eigenvalue weighted by molar-refractivity contribution is -0.255. The number of allylic oxidation sites excluding steroid dienone is 4. The van der Waals surface area contributed by atoms with Crippen LogP contribution in [0.2, 0.25) is 0 Å². The molecular weight excluding hydrogens is 468 g/mol. The molecule has 206 valence electrons. The third-order valence-corrected chi connectivity index (χ3v) is 11.0. The summed E-state index contributed by atoms with van der Waals surface area (Å²) in [5.74, 6) is 0.367. The van der Waals surface area contributed by atoms with E-state index in [0.717, 1.165) is 50.5 Å². The number of Topliss-reactive ketones (excluding diaryl/α,β-unsaturated/α-hetero) is 1. The number of carbonyl (C=O) groups excluding carboxylic acids is 2. The van der Waals surface area contributed by atoms with Gasteiger partial charge in [-0.15, -0.1) is 0 Å². The van der Waals surface area contributed by atoms with Crippen LogP contribution in [0.5, 0.6) is 0 Å². The molecule has 0 aromatic heterocycles. The van der Waals surface area contributed by atoms with E-state index in [4.69, 9.17) is 9.47 Å². The lowest BCUT2D eigenvalue weighted by Gasteiger charge is -2.60. The maximum Gasteiger partial charge on any atom is 0.190 e. The Kier molecular flexibility index (Phi) is 7.36. The van der Waals surface area contributed by atoms with Crippen molar-refractivity contribution in [3.63, 3.8) is 0 Å². The van der Waals surface area contributed by atoms with E-state index in [0.29, 0.717) is 12.8 Å². The Labute approximate surface area is 221 Å². The van der Waals surface area contributed by atoms with Crippen LogP contribution in [0.1, 0.15) is 91.9 Å². The number of rotatable bonds is 7. The van der Waals surface area contributed by atoms with E-state index < -0.39 is 23.4 Å². The highest BCUT2D eigenvalue weighted by Gasteiger charge is 2.69. The van der Waals surface area contributed by atoms with E-state index >= 15 is 0 Å². The molecule has 6 heteroatoms. The highest BCUT2D eigenvalue weighted by Crippen LogP contribution is 2.68.